The van der Waals surface area contributed by atoms with Gasteiger partial charge in [-0.1, -0.05) is 13.8 Å². The number of nitrogens with zero attached hydrogens (tertiary/aromatic N) is 3. The fraction of sp³-hybridized carbons (Fsp3) is 0.750. The smallest absolute Gasteiger partial charge is 0.225 e. The number of hydrogen-bond acceptors (Lipinski definition) is 4. The van der Waals surface area contributed by atoms with E-state index in [1.54, 1.807) is 0 Å². The Morgan fingerprint density at radius 3 is 2.65 bits per heavy atom. The lowest BCUT2D eigenvalue weighted by Gasteiger charge is -2.33. The van der Waals surface area contributed by atoms with Crippen LogP contribution in [0, 0.1) is 25.7 Å². The molecule has 20 heavy (non-hydrogen) atoms. The molecule has 1 fully saturated rings. The maximum Gasteiger partial charge on any atom is 0.225 e. The molecule has 1 aromatic rings. The van der Waals surface area contributed by atoms with E-state index in [2.05, 4.69) is 34.0 Å². The first-order valence-electron chi connectivity index (χ1n) is 7.82. The second-order valence-electron chi connectivity index (χ2n) is 6.46. The van der Waals surface area contributed by atoms with Gasteiger partial charge in [-0.3, -0.25) is 0 Å². The molecule has 0 aromatic carbocycles. The molecule has 0 amide bonds. The van der Waals surface area contributed by atoms with Crippen molar-refractivity contribution >= 4 is 5.95 Å². The summed E-state index contributed by atoms with van der Waals surface area (Å²) in [4.78, 5) is 11.5. The average Bonchev–Trinajstić information content (AvgIpc) is 2.37. The molecule has 1 saturated heterocycles. The number of aryl methyl sites for hydroxylation is 2. The highest BCUT2D eigenvalue weighted by molar-refractivity contribution is 5.32. The zero-order chi connectivity index (χ0) is 14.5. The molecule has 0 aliphatic carbocycles. The Labute approximate surface area is 123 Å². The molecule has 2 heterocycles. The van der Waals surface area contributed by atoms with Crippen LogP contribution < -0.4 is 10.2 Å². The largest absolute Gasteiger partial charge is 0.340 e. The Hall–Kier alpha value is -1.16. The van der Waals surface area contributed by atoms with Gasteiger partial charge in [0.25, 0.3) is 0 Å². The zero-order valence-corrected chi connectivity index (χ0v) is 13.3. The van der Waals surface area contributed by atoms with E-state index in [0.717, 1.165) is 49.4 Å². The highest BCUT2D eigenvalue weighted by Gasteiger charge is 2.21. The maximum absolute atomic E-state index is 4.60. The third-order valence-corrected chi connectivity index (χ3v) is 3.76. The standard InChI is InChI=1S/C16H28N4/c1-12(2)9-17-10-15-6-5-7-20(11-15)16-18-13(3)8-14(4)19-16/h8,12,15,17H,5-7,9-11H2,1-4H3. The number of nitrogens with one attached hydrogen (secondary N) is 1. The van der Waals surface area contributed by atoms with Crippen molar-refractivity contribution < 1.29 is 0 Å². The quantitative estimate of drug-likeness (QED) is 0.897. The minimum absolute atomic E-state index is 0.715. The Balaban J connectivity index is 1.92. The van der Waals surface area contributed by atoms with Crippen molar-refractivity contribution in [2.45, 2.75) is 40.5 Å². The van der Waals surface area contributed by atoms with Gasteiger partial charge >= 0.3 is 0 Å². The van der Waals surface area contributed by atoms with Gasteiger partial charge in [-0.05, 0) is 57.7 Å². The number of anilines is 1. The summed E-state index contributed by atoms with van der Waals surface area (Å²) >= 11 is 0. The highest BCUT2D eigenvalue weighted by Crippen LogP contribution is 2.20. The minimum atomic E-state index is 0.715. The third kappa shape index (κ3) is 4.44. The lowest BCUT2D eigenvalue weighted by atomic mass is 9.98. The summed E-state index contributed by atoms with van der Waals surface area (Å²) in [5, 5.41) is 3.58. The molecule has 1 atom stereocenters. The van der Waals surface area contributed by atoms with Gasteiger partial charge in [0.15, 0.2) is 0 Å². The Morgan fingerprint density at radius 2 is 2.00 bits per heavy atom. The summed E-state index contributed by atoms with van der Waals surface area (Å²) in [5.41, 5.74) is 2.13. The normalized spacial score (nSPS) is 19.6. The summed E-state index contributed by atoms with van der Waals surface area (Å²) in [7, 11) is 0. The van der Waals surface area contributed by atoms with E-state index in [1.807, 2.05) is 19.9 Å². The van der Waals surface area contributed by atoms with Crippen LogP contribution in [0.15, 0.2) is 6.07 Å². The van der Waals surface area contributed by atoms with E-state index in [0.29, 0.717) is 5.92 Å². The number of piperidine rings is 1. The van der Waals surface area contributed by atoms with Crippen LogP contribution in [-0.4, -0.2) is 36.1 Å². The van der Waals surface area contributed by atoms with Crippen LogP contribution in [0.2, 0.25) is 0 Å². The second-order valence-corrected chi connectivity index (χ2v) is 6.46. The van der Waals surface area contributed by atoms with Crippen LogP contribution >= 0.6 is 0 Å². The van der Waals surface area contributed by atoms with Crippen LogP contribution in [0.25, 0.3) is 0 Å². The molecule has 0 radical (unpaired) electrons. The predicted octanol–water partition coefficient (Wildman–Crippen LogP) is 2.56. The molecular weight excluding hydrogens is 248 g/mol. The predicted molar refractivity (Wildman–Crippen MR) is 84.2 cm³/mol. The molecule has 1 aromatic heterocycles. The van der Waals surface area contributed by atoms with Gasteiger partial charge in [0.05, 0.1) is 0 Å². The number of rotatable bonds is 5. The van der Waals surface area contributed by atoms with Crippen LogP contribution in [0.4, 0.5) is 5.95 Å². The van der Waals surface area contributed by atoms with E-state index >= 15 is 0 Å². The molecule has 1 aliphatic heterocycles. The second kappa shape index (κ2) is 7.02. The molecule has 4 heteroatoms. The summed E-state index contributed by atoms with van der Waals surface area (Å²) in [5.74, 6) is 2.35. The highest BCUT2D eigenvalue weighted by atomic mass is 15.3. The van der Waals surface area contributed by atoms with Crippen molar-refractivity contribution in [1.82, 2.24) is 15.3 Å². The van der Waals surface area contributed by atoms with Gasteiger partial charge in [0.1, 0.15) is 0 Å². The van der Waals surface area contributed by atoms with E-state index in [4.69, 9.17) is 0 Å². The Bertz CT molecular complexity index is 410. The van der Waals surface area contributed by atoms with Crippen molar-refractivity contribution in [3.63, 3.8) is 0 Å². The van der Waals surface area contributed by atoms with E-state index < -0.39 is 0 Å². The summed E-state index contributed by atoms with van der Waals surface area (Å²) < 4.78 is 0. The first-order chi connectivity index (χ1) is 9.54. The molecule has 1 unspecified atom stereocenters. The van der Waals surface area contributed by atoms with Gasteiger partial charge in [0.2, 0.25) is 5.95 Å². The Morgan fingerprint density at radius 1 is 1.30 bits per heavy atom. The molecule has 2 rings (SSSR count). The van der Waals surface area contributed by atoms with Crippen LogP contribution in [-0.2, 0) is 0 Å². The lowest BCUT2D eigenvalue weighted by Crippen LogP contribution is -2.41. The molecular formula is C16H28N4. The first-order valence-corrected chi connectivity index (χ1v) is 7.82. The van der Waals surface area contributed by atoms with Crippen LogP contribution in [0.5, 0.6) is 0 Å². The molecule has 0 spiro atoms. The van der Waals surface area contributed by atoms with E-state index in [1.165, 1.54) is 12.8 Å². The van der Waals surface area contributed by atoms with Crippen molar-refractivity contribution in [3.8, 4) is 0 Å². The number of hydrogen-bond donors (Lipinski definition) is 1. The van der Waals surface area contributed by atoms with E-state index in [9.17, 15) is 0 Å². The van der Waals surface area contributed by atoms with Crippen molar-refractivity contribution in [2.75, 3.05) is 31.1 Å². The monoisotopic (exact) mass is 276 g/mol. The topological polar surface area (TPSA) is 41.1 Å². The first kappa shape index (κ1) is 15.2. The molecule has 0 bridgehead atoms. The lowest BCUT2D eigenvalue weighted by molar-refractivity contribution is 0.379. The molecule has 0 saturated carbocycles. The maximum atomic E-state index is 4.60. The van der Waals surface area contributed by atoms with Gasteiger partial charge < -0.3 is 10.2 Å². The zero-order valence-electron chi connectivity index (χ0n) is 13.3. The average molecular weight is 276 g/mol. The van der Waals surface area contributed by atoms with Crippen LogP contribution in [0.3, 0.4) is 0 Å². The van der Waals surface area contributed by atoms with Gasteiger partial charge in [-0.15, -0.1) is 0 Å². The Kier molecular flexibility index (Phi) is 5.35. The minimum Gasteiger partial charge on any atom is -0.340 e. The van der Waals surface area contributed by atoms with Crippen molar-refractivity contribution in [1.29, 1.82) is 0 Å². The molecule has 112 valence electrons. The van der Waals surface area contributed by atoms with Gasteiger partial charge in [-0.2, -0.15) is 0 Å². The molecule has 1 N–H and O–H groups in total. The van der Waals surface area contributed by atoms with Crippen molar-refractivity contribution in [2.24, 2.45) is 11.8 Å². The molecule has 4 nitrogen and oxygen atoms in total. The van der Waals surface area contributed by atoms with E-state index in [-0.39, 0.29) is 0 Å². The fourth-order valence-corrected chi connectivity index (χ4v) is 2.84. The fourth-order valence-electron chi connectivity index (χ4n) is 2.84. The summed E-state index contributed by atoms with van der Waals surface area (Å²) in [6.45, 7) is 13.0. The number of aromatic nitrogens is 2. The summed E-state index contributed by atoms with van der Waals surface area (Å²) in [6, 6.07) is 2.04. The SMILES string of the molecule is Cc1cc(C)nc(N2CCCC(CNCC(C)C)C2)n1. The third-order valence-electron chi connectivity index (χ3n) is 3.76. The van der Waals surface area contributed by atoms with Crippen molar-refractivity contribution in [3.05, 3.63) is 17.5 Å². The molecule has 1 aliphatic rings. The van der Waals surface area contributed by atoms with Crippen LogP contribution in [0.1, 0.15) is 38.1 Å². The van der Waals surface area contributed by atoms with Gasteiger partial charge in [-0.25, -0.2) is 9.97 Å². The van der Waals surface area contributed by atoms with Gasteiger partial charge in [0, 0.05) is 24.5 Å². The summed E-state index contributed by atoms with van der Waals surface area (Å²) in [6.07, 6.45) is 2.55.